The summed E-state index contributed by atoms with van der Waals surface area (Å²) >= 11 is 1.27. The number of nitrogens with one attached hydrogen (secondary N) is 1. The van der Waals surface area contributed by atoms with Crippen molar-refractivity contribution >= 4 is 29.1 Å². The average molecular weight is 351 g/mol. The summed E-state index contributed by atoms with van der Waals surface area (Å²) < 4.78 is 0. The number of rotatable bonds is 5. The van der Waals surface area contributed by atoms with E-state index in [9.17, 15) is 24.6 Å². The fourth-order valence-electron chi connectivity index (χ4n) is 3.46. The van der Waals surface area contributed by atoms with Gasteiger partial charge in [-0.15, -0.1) is 11.3 Å². The molecule has 0 bridgehead atoms. The first-order valence-corrected chi connectivity index (χ1v) is 8.33. The lowest BCUT2D eigenvalue weighted by molar-refractivity contribution is -0.153. The Morgan fingerprint density at radius 3 is 2.79 bits per heavy atom. The van der Waals surface area contributed by atoms with Gasteiger partial charge >= 0.3 is 5.97 Å². The van der Waals surface area contributed by atoms with E-state index < -0.39 is 47.8 Å². The van der Waals surface area contributed by atoms with Gasteiger partial charge in [-0.1, -0.05) is 12.2 Å². The minimum absolute atomic E-state index is 0.0902. The number of aliphatic hydroxyl groups is 1. The zero-order valence-electron chi connectivity index (χ0n) is 12.9. The van der Waals surface area contributed by atoms with Crippen LogP contribution < -0.4 is 5.32 Å². The molecule has 0 aliphatic carbocycles. The van der Waals surface area contributed by atoms with Crippen LogP contribution in [0.15, 0.2) is 23.7 Å². The van der Waals surface area contributed by atoms with Crippen LogP contribution in [0.1, 0.15) is 18.0 Å². The maximum absolute atomic E-state index is 12.8. The molecule has 2 saturated heterocycles. The summed E-state index contributed by atoms with van der Waals surface area (Å²) in [6.07, 6.45) is 4.92. The van der Waals surface area contributed by atoms with Crippen LogP contribution in [-0.2, 0) is 14.4 Å². The van der Waals surface area contributed by atoms with Gasteiger partial charge in [0.15, 0.2) is 5.54 Å². The standard InChI is InChI=1S/C15H17N3O5S/c1-2-3-5-18-12(20)8-9(13(18)21)15(7-19,14(22)23)17-10(8)11-16-4-6-24-11/h2-4,6,8-10,17,19H,5,7H2,1H3,(H,22,23)/b3-2+. The number of carbonyl (C=O) groups is 3. The Hall–Kier alpha value is -2.10. The molecule has 2 amide bonds. The second-order valence-electron chi connectivity index (χ2n) is 5.79. The number of carboxylic acids is 1. The van der Waals surface area contributed by atoms with E-state index in [0.717, 1.165) is 4.90 Å². The molecule has 0 aromatic carbocycles. The molecule has 2 aliphatic rings. The fraction of sp³-hybridized carbons (Fsp3) is 0.467. The molecule has 0 spiro atoms. The molecule has 0 radical (unpaired) electrons. The van der Waals surface area contributed by atoms with Crippen LogP contribution in [0.25, 0.3) is 0 Å². The molecule has 3 N–H and O–H groups in total. The average Bonchev–Trinajstić information content (AvgIpc) is 3.24. The van der Waals surface area contributed by atoms with Gasteiger partial charge in [0.2, 0.25) is 11.8 Å². The highest BCUT2D eigenvalue weighted by atomic mass is 32.1. The SMILES string of the molecule is C/C=C/CN1C(=O)C2C(c3nccs3)NC(CO)(C(=O)O)C2C1=O. The van der Waals surface area contributed by atoms with E-state index in [0.29, 0.717) is 5.01 Å². The van der Waals surface area contributed by atoms with Crippen LogP contribution >= 0.6 is 11.3 Å². The van der Waals surface area contributed by atoms with Gasteiger partial charge in [0, 0.05) is 18.1 Å². The number of aliphatic hydroxyl groups excluding tert-OH is 1. The Bertz CT molecular complexity index is 704. The molecule has 3 rings (SSSR count). The second-order valence-corrected chi connectivity index (χ2v) is 6.71. The van der Waals surface area contributed by atoms with Crippen LogP contribution in [-0.4, -0.2) is 56.6 Å². The zero-order valence-corrected chi connectivity index (χ0v) is 13.7. The molecule has 8 nitrogen and oxygen atoms in total. The van der Waals surface area contributed by atoms with Crippen molar-refractivity contribution in [3.05, 3.63) is 28.7 Å². The first-order valence-electron chi connectivity index (χ1n) is 7.45. The van der Waals surface area contributed by atoms with Crippen LogP contribution in [0.4, 0.5) is 0 Å². The van der Waals surface area contributed by atoms with Crippen molar-refractivity contribution in [3.8, 4) is 0 Å². The van der Waals surface area contributed by atoms with Crippen molar-refractivity contribution in [3.63, 3.8) is 0 Å². The van der Waals surface area contributed by atoms with Gasteiger partial charge in [0.05, 0.1) is 24.5 Å². The van der Waals surface area contributed by atoms with Gasteiger partial charge in [-0.2, -0.15) is 0 Å². The summed E-state index contributed by atoms with van der Waals surface area (Å²) in [4.78, 5) is 42.6. The third-order valence-corrected chi connectivity index (χ3v) is 5.48. The number of imide groups is 1. The van der Waals surface area contributed by atoms with Crippen molar-refractivity contribution in [1.82, 2.24) is 15.2 Å². The van der Waals surface area contributed by atoms with Gasteiger partial charge in [0.25, 0.3) is 0 Å². The highest BCUT2D eigenvalue weighted by Crippen LogP contribution is 2.48. The van der Waals surface area contributed by atoms with E-state index in [1.807, 2.05) is 0 Å². The summed E-state index contributed by atoms with van der Waals surface area (Å²) in [5, 5.41) is 24.5. The molecule has 1 aromatic rings. The molecular weight excluding hydrogens is 334 g/mol. The number of allylic oxidation sites excluding steroid dienone is 1. The first-order chi connectivity index (χ1) is 11.5. The Morgan fingerprint density at radius 2 is 2.25 bits per heavy atom. The van der Waals surface area contributed by atoms with E-state index in [4.69, 9.17) is 0 Å². The number of aliphatic carboxylic acids is 1. The summed E-state index contributed by atoms with van der Waals surface area (Å²) in [6.45, 7) is 1.07. The molecule has 4 unspecified atom stereocenters. The highest BCUT2D eigenvalue weighted by Gasteiger charge is 2.68. The number of likely N-dealkylation sites (tertiary alicyclic amines) is 1. The van der Waals surface area contributed by atoms with E-state index in [1.165, 1.54) is 11.3 Å². The quantitative estimate of drug-likeness (QED) is 0.495. The van der Waals surface area contributed by atoms with Crippen LogP contribution in [0.2, 0.25) is 0 Å². The third kappa shape index (κ3) is 2.20. The molecule has 1 aromatic heterocycles. The topological polar surface area (TPSA) is 120 Å². The van der Waals surface area contributed by atoms with Crippen molar-refractivity contribution in [2.75, 3.05) is 13.2 Å². The number of amides is 2. The van der Waals surface area contributed by atoms with Gasteiger partial charge in [-0.3, -0.25) is 24.6 Å². The molecule has 0 saturated carbocycles. The van der Waals surface area contributed by atoms with E-state index in [-0.39, 0.29) is 6.54 Å². The van der Waals surface area contributed by atoms with Crippen molar-refractivity contribution in [2.45, 2.75) is 18.5 Å². The Labute approximate surface area is 141 Å². The number of aromatic nitrogens is 1. The first kappa shape index (κ1) is 16.7. The van der Waals surface area contributed by atoms with Crippen molar-refractivity contribution in [2.24, 2.45) is 11.8 Å². The number of nitrogens with zero attached hydrogens (tertiary/aromatic N) is 2. The minimum atomic E-state index is -1.89. The largest absolute Gasteiger partial charge is 0.480 e. The lowest BCUT2D eigenvalue weighted by Gasteiger charge is -2.28. The van der Waals surface area contributed by atoms with Crippen molar-refractivity contribution in [1.29, 1.82) is 0 Å². The number of hydrogen-bond acceptors (Lipinski definition) is 7. The van der Waals surface area contributed by atoms with Crippen LogP contribution in [0.3, 0.4) is 0 Å². The predicted octanol–water partition coefficient (Wildman–Crippen LogP) is -0.220. The second kappa shape index (κ2) is 6.08. The molecular formula is C15H17N3O5S. The Kier molecular flexibility index (Phi) is 4.24. The van der Waals surface area contributed by atoms with E-state index in [1.54, 1.807) is 30.7 Å². The highest BCUT2D eigenvalue weighted by molar-refractivity contribution is 7.09. The summed E-state index contributed by atoms with van der Waals surface area (Å²) in [5.41, 5.74) is -1.89. The number of carbonyl (C=O) groups excluding carboxylic acids is 2. The molecule has 2 aliphatic heterocycles. The Morgan fingerprint density at radius 1 is 1.50 bits per heavy atom. The molecule has 9 heteroatoms. The maximum Gasteiger partial charge on any atom is 0.327 e. The smallest absolute Gasteiger partial charge is 0.327 e. The monoisotopic (exact) mass is 351 g/mol. The number of hydrogen-bond donors (Lipinski definition) is 3. The summed E-state index contributed by atoms with van der Waals surface area (Å²) in [7, 11) is 0. The fourth-order valence-corrected chi connectivity index (χ4v) is 4.20. The van der Waals surface area contributed by atoms with Gasteiger partial charge in [0.1, 0.15) is 5.01 Å². The van der Waals surface area contributed by atoms with Gasteiger partial charge in [-0.25, -0.2) is 4.98 Å². The van der Waals surface area contributed by atoms with Crippen LogP contribution in [0.5, 0.6) is 0 Å². The summed E-state index contributed by atoms with van der Waals surface area (Å²) in [6, 6.07) is -0.717. The zero-order chi connectivity index (χ0) is 17.5. The van der Waals surface area contributed by atoms with Gasteiger partial charge in [-0.05, 0) is 6.92 Å². The molecule has 24 heavy (non-hydrogen) atoms. The lowest BCUT2D eigenvalue weighted by atomic mass is 9.80. The van der Waals surface area contributed by atoms with Gasteiger partial charge < -0.3 is 10.2 Å². The number of fused-ring (bicyclic) bond motifs is 1. The molecule has 4 atom stereocenters. The minimum Gasteiger partial charge on any atom is -0.480 e. The number of carboxylic acid groups (broad SMARTS) is 1. The van der Waals surface area contributed by atoms with E-state index >= 15 is 0 Å². The molecule has 3 heterocycles. The number of thiazole rings is 1. The maximum atomic E-state index is 12.8. The van der Waals surface area contributed by atoms with E-state index in [2.05, 4.69) is 10.3 Å². The molecule has 128 valence electrons. The Balaban J connectivity index is 2.08. The normalized spacial score (nSPS) is 32.8. The molecule has 2 fully saturated rings. The van der Waals surface area contributed by atoms with Crippen LogP contribution in [0, 0.1) is 11.8 Å². The lowest BCUT2D eigenvalue weighted by Crippen LogP contribution is -2.58. The third-order valence-electron chi connectivity index (χ3n) is 4.62. The van der Waals surface area contributed by atoms with Crippen molar-refractivity contribution < 1.29 is 24.6 Å². The predicted molar refractivity (Wildman–Crippen MR) is 84.0 cm³/mol. The summed E-state index contributed by atoms with van der Waals surface area (Å²) in [5.74, 6) is -4.42.